The lowest BCUT2D eigenvalue weighted by atomic mass is 10.0. The Morgan fingerprint density at radius 1 is 1.23 bits per heavy atom. The van der Waals surface area contributed by atoms with Crippen molar-refractivity contribution in [1.29, 1.82) is 0 Å². The number of carbonyl (C=O) groups excluding carboxylic acids is 1. The van der Waals surface area contributed by atoms with Crippen LogP contribution in [0.25, 0.3) is 11.0 Å². The Kier molecular flexibility index (Phi) is 5.27. The number of halogens is 3. The van der Waals surface area contributed by atoms with E-state index in [2.05, 4.69) is 10.3 Å². The molecule has 1 aliphatic heterocycles. The monoisotopic (exact) mass is 418 g/mol. The Labute approximate surface area is 171 Å². The third-order valence-electron chi connectivity index (χ3n) is 5.12. The molecule has 0 aliphatic carbocycles. The predicted octanol–water partition coefficient (Wildman–Crippen LogP) is 3.81. The second kappa shape index (κ2) is 7.89. The highest BCUT2D eigenvalue weighted by atomic mass is 19.4. The summed E-state index contributed by atoms with van der Waals surface area (Å²) in [5.74, 6) is 0.537. The number of rotatable bonds is 5. The fraction of sp³-hybridized carbons (Fsp3) is 0.333. The van der Waals surface area contributed by atoms with E-state index in [0.29, 0.717) is 32.0 Å². The second-order valence-corrected chi connectivity index (χ2v) is 7.45. The summed E-state index contributed by atoms with van der Waals surface area (Å²) >= 11 is 0. The summed E-state index contributed by atoms with van der Waals surface area (Å²) in [5.41, 5.74) is 1.11. The van der Waals surface area contributed by atoms with Crippen LogP contribution in [0.1, 0.15) is 11.1 Å². The SMILES string of the molecule is Cn1ccc2cc(CNC(=O)N3CC(COc4ccc(C(F)(F)F)cc4)C3)cnc21. The van der Waals surface area contributed by atoms with Gasteiger partial charge in [0.2, 0.25) is 0 Å². The van der Waals surface area contributed by atoms with Gasteiger partial charge in [0, 0.05) is 50.4 Å². The number of fused-ring (bicyclic) bond motifs is 1. The van der Waals surface area contributed by atoms with Crippen LogP contribution in [0.2, 0.25) is 0 Å². The van der Waals surface area contributed by atoms with Crippen LogP contribution in [0.3, 0.4) is 0 Å². The summed E-state index contributed by atoms with van der Waals surface area (Å²) in [7, 11) is 1.93. The van der Waals surface area contributed by atoms with Gasteiger partial charge in [0.15, 0.2) is 0 Å². The van der Waals surface area contributed by atoms with Crippen molar-refractivity contribution in [3.63, 3.8) is 0 Å². The number of alkyl halides is 3. The lowest BCUT2D eigenvalue weighted by molar-refractivity contribution is -0.137. The first-order valence-corrected chi connectivity index (χ1v) is 9.52. The average molecular weight is 418 g/mol. The van der Waals surface area contributed by atoms with Gasteiger partial charge < -0.3 is 19.5 Å². The van der Waals surface area contributed by atoms with E-state index in [4.69, 9.17) is 4.74 Å². The number of carbonyl (C=O) groups is 1. The quantitative estimate of drug-likeness (QED) is 0.686. The molecular formula is C21H21F3N4O2. The van der Waals surface area contributed by atoms with E-state index in [0.717, 1.165) is 28.7 Å². The number of pyridine rings is 1. The first-order chi connectivity index (χ1) is 14.3. The van der Waals surface area contributed by atoms with Crippen molar-refractivity contribution in [2.24, 2.45) is 13.0 Å². The van der Waals surface area contributed by atoms with Gasteiger partial charge >= 0.3 is 12.2 Å². The van der Waals surface area contributed by atoms with Gasteiger partial charge in [0.1, 0.15) is 11.4 Å². The fourth-order valence-electron chi connectivity index (χ4n) is 3.38. The number of likely N-dealkylation sites (tertiary alicyclic amines) is 1. The van der Waals surface area contributed by atoms with Crippen LogP contribution in [0.4, 0.5) is 18.0 Å². The zero-order chi connectivity index (χ0) is 21.3. The average Bonchev–Trinajstić information content (AvgIpc) is 3.05. The molecule has 0 radical (unpaired) electrons. The zero-order valence-electron chi connectivity index (χ0n) is 16.3. The molecular weight excluding hydrogens is 397 g/mol. The first-order valence-electron chi connectivity index (χ1n) is 9.52. The highest BCUT2D eigenvalue weighted by molar-refractivity contribution is 5.77. The molecule has 4 rings (SSSR count). The molecule has 2 amide bonds. The van der Waals surface area contributed by atoms with E-state index in [1.807, 2.05) is 29.9 Å². The molecule has 3 aromatic rings. The van der Waals surface area contributed by atoms with Gasteiger partial charge in [-0.05, 0) is 42.0 Å². The number of aryl methyl sites for hydroxylation is 1. The summed E-state index contributed by atoms with van der Waals surface area (Å²) in [4.78, 5) is 18.3. The van der Waals surface area contributed by atoms with Crippen LogP contribution in [-0.2, 0) is 19.8 Å². The molecule has 1 N–H and O–H groups in total. The third kappa shape index (κ3) is 4.34. The second-order valence-electron chi connectivity index (χ2n) is 7.45. The van der Waals surface area contributed by atoms with Crippen molar-refractivity contribution in [2.45, 2.75) is 12.7 Å². The number of aromatic nitrogens is 2. The van der Waals surface area contributed by atoms with Gasteiger partial charge in [-0.15, -0.1) is 0 Å². The lowest BCUT2D eigenvalue weighted by Crippen LogP contribution is -2.55. The number of nitrogens with zero attached hydrogens (tertiary/aromatic N) is 3. The Balaban J connectivity index is 1.19. The minimum Gasteiger partial charge on any atom is -0.493 e. The number of ether oxygens (including phenoxy) is 1. The van der Waals surface area contributed by atoms with E-state index < -0.39 is 11.7 Å². The van der Waals surface area contributed by atoms with Gasteiger partial charge in [-0.1, -0.05) is 0 Å². The van der Waals surface area contributed by atoms with Gasteiger partial charge in [0.25, 0.3) is 0 Å². The number of benzene rings is 1. The summed E-state index contributed by atoms with van der Waals surface area (Å²) in [6.45, 7) is 1.83. The number of nitrogens with one attached hydrogen (secondary N) is 1. The minimum atomic E-state index is -4.36. The van der Waals surface area contributed by atoms with Crippen LogP contribution in [0.5, 0.6) is 5.75 Å². The van der Waals surface area contributed by atoms with E-state index in [1.165, 1.54) is 12.1 Å². The van der Waals surface area contributed by atoms with Crippen molar-refractivity contribution < 1.29 is 22.7 Å². The van der Waals surface area contributed by atoms with Crippen molar-refractivity contribution in [3.05, 3.63) is 59.9 Å². The van der Waals surface area contributed by atoms with Crippen molar-refractivity contribution in [1.82, 2.24) is 19.8 Å². The number of urea groups is 1. The van der Waals surface area contributed by atoms with E-state index in [-0.39, 0.29) is 11.9 Å². The minimum absolute atomic E-state index is 0.153. The molecule has 1 aromatic carbocycles. The maximum absolute atomic E-state index is 12.6. The first kappa shape index (κ1) is 20.1. The number of amides is 2. The van der Waals surface area contributed by atoms with Crippen molar-refractivity contribution >= 4 is 17.1 Å². The van der Waals surface area contributed by atoms with Crippen molar-refractivity contribution in [3.8, 4) is 5.75 Å². The molecule has 158 valence electrons. The van der Waals surface area contributed by atoms with Crippen molar-refractivity contribution in [2.75, 3.05) is 19.7 Å². The summed E-state index contributed by atoms with van der Waals surface area (Å²) in [6, 6.07) is 8.43. The van der Waals surface area contributed by atoms with Crippen LogP contribution in [-0.4, -0.2) is 40.2 Å². The molecule has 2 aromatic heterocycles. The van der Waals surface area contributed by atoms with Gasteiger partial charge in [-0.2, -0.15) is 13.2 Å². The third-order valence-corrected chi connectivity index (χ3v) is 5.12. The Morgan fingerprint density at radius 3 is 2.67 bits per heavy atom. The van der Waals surface area contributed by atoms with Crippen LogP contribution in [0.15, 0.2) is 48.8 Å². The number of hydrogen-bond acceptors (Lipinski definition) is 3. The molecule has 1 aliphatic rings. The molecule has 0 atom stereocenters. The largest absolute Gasteiger partial charge is 0.493 e. The molecule has 6 nitrogen and oxygen atoms in total. The van der Waals surface area contributed by atoms with E-state index in [9.17, 15) is 18.0 Å². The molecule has 3 heterocycles. The lowest BCUT2D eigenvalue weighted by Gasteiger charge is -2.38. The fourth-order valence-corrected chi connectivity index (χ4v) is 3.38. The summed E-state index contributed by atoms with van der Waals surface area (Å²) in [6.07, 6.45) is -0.671. The maximum atomic E-state index is 12.6. The molecule has 9 heteroatoms. The maximum Gasteiger partial charge on any atom is 0.416 e. The molecule has 0 unspecified atom stereocenters. The Hall–Kier alpha value is -3.23. The Bertz CT molecular complexity index is 1040. The molecule has 1 saturated heterocycles. The van der Waals surface area contributed by atoms with Gasteiger partial charge in [-0.3, -0.25) is 0 Å². The summed E-state index contributed by atoms with van der Waals surface area (Å²) in [5, 5.41) is 3.90. The molecule has 0 bridgehead atoms. The van der Waals surface area contributed by atoms with Crippen LogP contribution >= 0.6 is 0 Å². The molecule has 30 heavy (non-hydrogen) atoms. The topological polar surface area (TPSA) is 59.4 Å². The Morgan fingerprint density at radius 2 is 1.97 bits per heavy atom. The number of hydrogen-bond donors (Lipinski definition) is 1. The van der Waals surface area contributed by atoms with E-state index >= 15 is 0 Å². The summed E-state index contributed by atoms with van der Waals surface area (Å²) < 4.78 is 45.2. The van der Waals surface area contributed by atoms with Crippen LogP contribution in [0, 0.1) is 5.92 Å². The zero-order valence-corrected chi connectivity index (χ0v) is 16.3. The van der Waals surface area contributed by atoms with E-state index in [1.54, 1.807) is 11.1 Å². The molecule has 0 saturated carbocycles. The standard InChI is InChI=1S/C21H21F3N4O2/c1-27-7-6-16-8-14(9-25-19(16)27)10-26-20(29)28-11-15(12-28)13-30-18-4-2-17(3-5-18)21(22,23)24/h2-9,15H,10-13H2,1H3,(H,26,29). The van der Waals surface area contributed by atoms with Gasteiger partial charge in [0.05, 0.1) is 12.2 Å². The predicted molar refractivity (Wildman–Crippen MR) is 105 cm³/mol. The highest BCUT2D eigenvalue weighted by Crippen LogP contribution is 2.30. The molecule has 0 spiro atoms. The molecule has 1 fully saturated rings. The smallest absolute Gasteiger partial charge is 0.416 e. The highest BCUT2D eigenvalue weighted by Gasteiger charge is 2.32. The normalized spacial score (nSPS) is 14.6. The van der Waals surface area contributed by atoms with Gasteiger partial charge in [-0.25, -0.2) is 9.78 Å². The van der Waals surface area contributed by atoms with Crippen LogP contribution < -0.4 is 10.1 Å².